The highest BCUT2D eigenvalue weighted by Crippen LogP contribution is 2.49. The Balaban J connectivity index is 1.78. The molecule has 1 aliphatic carbocycles. The number of carbonyl (C=O) groups is 1. The topological polar surface area (TPSA) is 38.1 Å². The zero-order chi connectivity index (χ0) is 15.9. The molecule has 1 saturated carbocycles. The summed E-state index contributed by atoms with van der Waals surface area (Å²) in [6.07, 6.45) is 4.77. The molecule has 2 aromatic rings. The minimum atomic E-state index is 0.0577. The van der Waals surface area contributed by atoms with Crippen LogP contribution in [0.15, 0.2) is 36.7 Å². The molecule has 22 heavy (non-hydrogen) atoms. The summed E-state index contributed by atoms with van der Waals surface area (Å²) in [5.41, 5.74) is 2.06. The summed E-state index contributed by atoms with van der Waals surface area (Å²) in [4.78, 5) is 14.8. The first-order chi connectivity index (χ1) is 10.5. The minimum Gasteiger partial charge on any atom is -0.310 e. The lowest BCUT2D eigenvalue weighted by Gasteiger charge is -2.27. The van der Waals surface area contributed by atoms with Crippen molar-refractivity contribution in [2.24, 2.45) is 13.0 Å². The number of halogens is 1. The van der Waals surface area contributed by atoms with Crippen molar-refractivity contribution >= 4 is 23.2 Å². The van der Waals surface area contributed by atoms with Gasteiger partial charge in [0.1, 0.15) is 0 Å². The molecule has 0 spiro atoms. The van der Waals surface area contributed by atoms with Crippen molar-refractivity contribution in [3.63, 3.8) is 0 Å². The average Bonchev–Trinajstić information content (AvgIpc) is 3.16. The highest BCUT2D eigenvalue weighted by Gasteiger charge is 2.47. The van der Waals surface area contributed by atoms with Gasteiger partial charge in [0.05, 0.1) is 6.20 Å². The third-order valence-electron chi connectivity index (χ3n) is 4.12. The van der Waals surface area contributed by atoms with Crippen molar-refractivity contribution in [2.45, 2.75) is 32.2 Å². The summed E-state index contributed by atoms with van der Waals surface area (Å²) in [6, 6.07) is 7.57. The Kier molecular flexibility index (Phi) is 3.96. The number of rotatable bonds is 4. The number of hydrogen-bond donors (Lipinski definition) is 0. The number of aryl methyl sites for hydroxylation is 1. The summed E-state index contributed by atoms with van der Waals surface area (Å²) < 4.78 is 1.79. The molecule has 1 aromatic carbocycles. The van der Waals surface area contributed by atoms with Crippen molar-refractivity contribution in [1.82, 2.24) is 9.78 Å². The molecule has 0 aliphatic heterocycles. The van der Waals surface area contributed by atoms with E-state index in [0.29, 0.717) is 10.9 Å². The number of hydrogen-bond acceptors (Lipinski definition) is 2. The zero-order valence-electron chi connectivity index (χ0n) is 13.0. The number of aromatic nitrogens is 2. The van der Waals surface area contributed by atoms with Gasteiger partial charge in [-0.1, -0.05) is 11.6 Å². The lowest BCUT2D eigenvalue weighted by atomic mass is 10.1. The van der Waals surface area contributed by atoms with Crippen molar-refractivity contribution in [3.8, 4) is 0 Å². The van der Waals surface area contributed by atoms with Crippen LogP contribution in [-0.4, -0.2) is 21.7 Å². The van der Waals surface area contributed by atoms with E-state index in [4.69, 9.17) is 11.6 Å². The maximum absolute atomic E-state index is 12.9. The van der Waals surface area contributed by atoms with Crippen molar-refractivity contribution in [3.05, 3.63) is 47.2 Å². The fraction of sp³-hybridized carbons (Fsp3) is 0.412. The first-order valence-corrected chi connectivity index (χ1v) is 7.92. The van der Waals surface area contributed by atoms with Gasteiger partial charge in [-0.05, 0) is 56.0 Å². The van der Waals surface area contributed by atoms with E-state index in [0.717, 1.165) is 17.7 Å². The Hall–Kier alpha value is -1.81. The van der Waals surface area contributed by atoms with E-state index < -0.39 is 0 Å². The van der Waals surface area contributed by atoms with Crippen LogP contribution in [0.1, 0.15) is 31.7 Å². The highest BCUT2D eigenvalue weighted by atomic mass is 35.5. The Labute approximate surface area is 135 Å². The molecule has 0 N–H and O–H groups in total. The average molecular weight is 318 g/mol. The van der Waals surface area contributed by atoms with E-state index in [-0.39, 0.29) is 17.9 Å². The number of nitrogens with zero attached hydrogens (tertiary/aromatic N) is 3. The van der Waals surface area contributed by atoms with Gasteiger partial charge in [0.25, 0.3) is 0 Å². The fourth-order valence-corrected chi connectivity index (χ4v) is 3.05. The Morgan fingerprint density at radius 2 is 2.05 bits per heavy atom. The number of carbonyl (C=O) groups excluding carboxylic acids is 1. The minimum absolute atomic E-state index is 0.0577. The zero-order valence-corrected chi connectivity index (χ0v) is 13.8. The van der Waals surface area contributed by atoms with E-state index >= 15 is 0 Å². The van der Waals surface area contributed by atoms with E-state index in [9.17, 15) is 4.79 Å². The Morgan fingerprint density at radius 3 is 2.59 bits per heavy atom. The SMILES string of the molecule is CC(C)N(C(=O)[C@H]1C[C@H]1c1cnn(C)c1)c1ccc(Cl)cc1. The number of benzene rings is 1. The molecule has 5 heteroatoms. The summed E-state index contributed by atoms with van der Waals surface area (Å²) in [7, 11) is 1.90. The quantitative estimate of drug-likeness (QED) is 0.864. The van der Waals surface area contributed by atoms with Gasteiger partial charge in [-0.2, -0.15) is 5.10 Å². The van der Waals surface area contributed by atoms with Crippen LogP contribution in [0.5, 0.6) is 0 Å². The maximum Gasteiger partial charge on any atom is 0.230 e. The van der Waals surface area contributed by atoms with E-state index in [2.05, 4.69) is 5.10 Å². The van der Waals surface area contributed by atoms with E-state index in [1.165, 1.54) is 0 Å². The van der Waals surface area contributed by atoms with Crippen LogP contribution in [0.3, 0.4) is 0 Å². The summed E-state index contributed by atoms with van der Waals surface area (Å²) in [5.74, 6) is 0.545. The first kappa shape index (κ1) is 15.1. The van der Waals surface area contributed by atoms with Gasteiger partial charge in [-0.25, -0.2) is 0 Å². The van der Waals surface area contributed by atoms with Gasteiger partial charge in [0.15, 0.2) is 0 Å². The van der Waals surface area contributed by atoms with Crippen LogP contribution in [0.4, 0.5) is 5.69 Å². The largest absolute Gasteiger partial charge is 0.310 e. The maximum atomic E-state index is 12.9. The molecule has 0 saturated heterocycles. The van der Waals surface area contributed by atoms with Crippen molar-refractivity contribution in [2.75, 3.05) is 4.90 Å². The second kappa shape index (κ2) is 5.76. The van der Waals surface area contributed by atoms with Crippen LogP contribution in [0, 0.1) is 5.92 Å². The molecule has 116 valence electrons. The third-order valence-corrected chi connectivity index (χ3v) is 4.37. The van der Waals surface area contributed by atoms with Crippen LogP contribution in [-0.2, 0) is 11.8 Å². The molecule has 4 nitrogen and oxygen atoms in total. The van der Waals surface area contributed by atoms with Crippen LogP contribution < -0.4 is 4.90 Å². The summed E-state index contributed by atoms with van der Waals surface area (Å²) in [5, 5.41) is 4.88. The highest BCUT2D eigenvalue weighted by molar-refractivity contribution is 6.30. The molecule has 1 amide bonds. The van der Waals surface area contributed by atoms with Crippen LogP contribution in [0.25, 0.3) is 0 Å². The van der Waals surface area contributed by atoms with Gasteiger partial charge in [0.2, 0.25) is 5.91 Å². The Bertz CT molecular complexity index is 677. The van der Waals surface area contributed by atoms with Crippen LogP contribution in [0.2, 0.25) is 5.02 Å². The summed E-state index contributed by atoms with van der Waals surface area (Å²) >= 11 is 5.94. The standard InChI is InChI=1S/C17H20ClN3O/c1-11(2)21(14-6-4-13(18)5-7-14)17(22)16-8-15(16)12-9-19-20(3)10-12/h4-7,9-11,15-16H,8H2,1-3H3/t15-,16-/m0/s1. The smallest absolute Gasteiger partial charge is 0.230 e. The molecule has 0 unspecified atom stereocenters. The predicted octanol–water partition coefficient (Wildman–Crippen LogP) is 3.62. The third kappa shape index (κ3) is 2.88. The fourth-order valence-electron chi connectivity index (χ4n) is 2.93. The van der Waals surface area contributed by atoms with E-state index in [1.54, 1.807) is 4.68 Å². The number of amides is 1. The summed E-state index contributed by atoms with van der Waals surface area (Å²) in [6.45, 7) is 4.07. The molecular formula is C17H20ClN3O. The molecule has 2 atom stereocenters. The van der Waals surface area contributed by atoms with Crippen molar-refractivity contribution < 1.29 is 4.79 Å². The van der Waals surface area contributed by atoms with Crippen LogP contribution >= 0.6 is 11.6 Å². The molecule has 3 rings (SSSR count). The lowest BCUT2D eigenvalue weighted by Crippen LogP contribution is -2.38. The molecule has 1 fully saturated rings. The van der Waals surface area contributed by atoms with Crippen molar-refractivity contribution in [1.29, 1.82) is 0 Å². The molecule has 1 aliphatic rings. The first-order valence-electron chi connectivity index (χ1n) is 7.54. The van der Waals surface area contributed by atoms with Gasteiger partial charge in [-0.15, -0.1) is 0 Å². The molecule has 0 bridgehead atoms. The molecule has 0 radical (unpaired) electrons. The number of anilines is 1. The normalized spacial score (nSPS) is 20.2. The molecular weight excluding hydrogens is 298 g/mol. The van der Waals surface area contributed by atoms with Gasteiger partial charge in [0, 0.05) is 35.9 Å². The molecule has 1 heterocycles. The Morgan fingerprint density at radius 1 is 1.36 bits per heavy atom. The van der Waals surface area contributed by atoms with E-state index in [1.807, 2.05) is 62.5 Å². The second-order valence-electron chi connectivity index (χ2n) is 6.17. The monoisotopic (exact) mass is 317 g/mol. The molecule has 1 aromatic heterocycles. The van der Waals surface area contributed by atoms with Gasteiger partial charge in [-0.3, -0.25) is 9.48 Å². The van der Waals surface area contributed by atoms with Gasteiger partial charge < -0.3 is 4.90 Å². The second-order valence-corrected chi connectivity index (χ2v) is 6.61. The van der Waals surface area contributed by atoms with Gasteiger partial charge >= 0.3 is 0 Å². The lowest BCUT2D eigenvalue weighted by molar-refractivity contribution is -0.120. The predicted molar refractivity (Wildman–Crippen MR) is 88.1 cm³/mol.